The molecule has 3 aromatic rings. The van der Waals surface area contributed by atoms with Crippen molar-refractivity contribution in [3.8, 4) is 0 Å². The molecule has 0 aliphatic carbocycles. The van der Waals surface area contributed by atoms with Gasteiger partial charge in [-0.25, -0.2) is 9.37 Å². The molecule has 4 nitrogen and oxygen atoms in total. The van der Waals surface area contributed by atoms with Gasteiger partial charge in [0.15, 0.2) is 0 Å². The second-order valence-electron chi connectivity index (χ2n) is 6.23. The van der Waals surface area contributed by atoms with Gasteiger partial charge in [0, 0.05) is 11.8 Å². The first-order valence-corrected chi connectivity index (χ1v) is 8.33. The van der Waals surface area contributed by atoms with Crippen LogP contribution in [0.25, 0.3) is 0 Å². The average molecular weight is 387 g/mol. The molecule has 0 radical (unpaired) electrons. The van der Waals surface area contributed by atoms with Crippen molar-refractivity contribution in [2.45, 2.75) is 12.7 Å². The van der Waals surface area contributed by atoms with Gasteiger partial charge in [0.2, 0.25) is 0 Å². The van der Waals surface area contributed by atoms with Crippen molar-refractivity contribution in [3.63, 3.8) is 0 Å². The summed E-state index contributed by atoms with van der Waals surface area (Å²) in [5.74, 6) is -1.42. The average Bonchev–Trinajstić information content (AvgIpc) is 2.83. The van der Waals surface area contributed by atoms with E-state index in [9.17, 15) is 22.4 Å². The van der Waals surface area contributed by atoms with Gasteiger partial charge in [0.25, 0.3) is 5.91 Å². The van der Waals surface area contributed by atoms with Crippen LogP contribution in [0.1, 0.15) is 21.5 Å². The van der Waals surface area contributed by atoms with Crippen molar-refractivity contribution < 1.29 is 22.4 Å². The fourth-order valence-corrected chi connectivity index (χ4v) is 3.14. The Hall–Kier alpha value is -3.42. The first-order valence-electron chi connectivity index (χ1n) is 8.33. The number of hydrogen-bond acceptors (Lipinski definition) is 3. The second-order valence-corrected chi connectivity index (χ2v) is 6.23. The first kappa shape index (κ1) is 18.0. The zero-order chi connectivity index (χ0) is 19.9. The number of anilines is 3. The van der Waals surface area contributed by atoms with Crippen LogP contribution in [0, 0.1) is 5.82 Å². The van der Waals surface area contributed by atoms with Crippen LogP contribution in [0.15, 0.2) is 60.8 Å². The number of para-hydroxylation sites is 2. The van der Waals surface area contributed by atoms with E-state index in [0.717, 1.165) is 12.1 Å². The molecule has 0 saturated carbocycles. The van der Waals surface area contributed by atoms with Gasteiger partial charge in [-0.1, -0.05) is 18.2 Å². The Morgan fingerprint density at radius 3 is 2.64 bits per heavy atom. The van der Waals surface area contributed by atoms with Crippen LogP contribution in [0.3, 0.4) is 0 Å². The maximum Gasteiger partial charge on any atom is 0.417 e. The highest BCUT2D eigenvalue weighted by Crippen LogP contribution is 2.38. The number of rotatable bonds is 1. The molecule has 0 saturated heterocycles. The van der Waals surface area contributed by atoms with E-state index in [1.165, 1.54) is 4.90 Å². The summed E-state index contributed by atoms with van der Waals surface area (Å²) in [7, 11) is 0. The number of carbonyl (C=O) groups is 1. The van der Waals surface area contributed by atoms with Crippen molar-refractivity contribution >= 4 is 23.1 Å². The molecule has 0 bridgehead atoms. The molecule has 2 heterocycles. The molecule has 8 heteroatoms. The number of nitrogens with one attached hydrogen (secondary N) is 1. The highest BCUT2D eigenvalue weighted by molar-refractivity contribution is 6.09. The van der Waals surface area contributed by atoms with Crippen LogP contribution in [0.5, 0.6) is 0 Å². The van der Waals surface area contributed by atoms with Gasteiger partial charge in [0.05, 0.1) is 29.0 Å². The van der Waals surface area contributed by atoms with Crippen molar-refractivity contribution in [1.29, 1.82) is 0 Å². The van der Waals surface area contributed by atoms with Crippen molar-refractivity contribution in [2.75, 3.05) is 10.2 Å². The molecule has 0 atom stereocenters. The van der Waals surface area contributed by atoms with Gasteiger partial charge < -0.3 is 10.2 Å². The summed E-state index contributed by atoms with van der Waals surface area (Å²) in [5.41, 5.74) is -0.343. The summed E-state index contributed by atoms with van der Waals surface area (Å²) >= 11 is 0. The third-order valence-corrected chi connectivity index (χ3v) is 4.43. The Morgan fingerprint density at radius 2 is 1.86 bits per heavy atom. The predicted molar refractivity (Wildman–Crippen MR) is 95.9 cm³/mol. The Kier molecular flexibility index (Phi) is 4.26. The molecule has 0 spiro atoms. The van der Waals surface area contributed by atoms with Gasteiger partial charge in [-0.15, -0.1) is 0 Å². The number of halogens is 4. The highest BCUT2D eigenvalue weighted by Gasteiger charge is 2.37. The van der Waals surface area contributed by atoms with E-state index < -0.39 is 29.0 Å². The minimum atomic E-state index is -4.86. The standard InChI is InChI=1S/C20H13F4N3O/c21-13-7-8-14(15(10-13)20(22,23)24)19(28)27-11-12-4-3-9-25-18(12)26-16-5-1-2-6-17(16)27/h1-10H,11H2,(H,25,26). The lowest BCUT2D eigenvalue weighted by Crippen LogP contribution is -2.32. The summed E-state index contributed by atoms with van der Waals surface area (Å²) in [6, 6.07) is 12.2. The third-order valence-electron chi connectivity index (χ3n) is 4.43. The van der Waals surface area contributed by atoms with Crippen molar-refractivity contribution in [3.05, 3.63) is 83.3 Å². The molecule has 1 N–H and O–H groups in total. The minimum Gasteiger partial charge on any atom is -0.338 e. The Morgan fingerprint density at radius 1 is 1.07 bits per heavy atom. The molecule has 0 unspecified atom stereocenters. The predicted octanol–water partition coefficient (Wildman–Crippen LogP) is 5.14. The largest absolute Gasteiger partial charge is 0.417 e. The van der Waals surface area contributed by atoms with Gasteiger partial charge in [-0.2, -0.15) is 13.2 Å². The molecule has 1 amide bonds. The lowest BCUT2D eigenvalue weighted by molar-refractivity contribution is -0.138. The number of hydrogen-bond donors (Lipinski definition) is 1. The number of fused-ring (bicyclic) bond motifs is 2. The van der Waals surface area contributed by atoms with Crippen LogP contribution in [-0.4, -0.2) is 10.9 Å². The quantitative estimate of drug-likeness (QED) is 0.588. The number of alkyl halides is 3. The summed E-state index contributed by atoms with van der Waals surface area (Å²) in [6.45, 7) is 0.0146. The molecule has 4 rings (SSSR count). The van der Waals surface area contributed by atoms with Crippen molar-refractivity contribution in [1.82, 2.24) is 4.98 Å². The summed E-state index contributed by atoms with van der Waals surface area (Å²) in [4.78, 5) is 18.6. The monoisotopic (exact) mass is 387 g/mol. The smallest absolute Gasteiger partial charge is 0.338 e. The molecule has 0 fully saturated rings. The fourth-order valence-electron chi connectivity index (χ4n) is 3.14. The highest BCUT2D eigenvalue weighted by atomic mass is 19.4. The van der Waals surface area contributed by atoms with Crippen LogP contribution in [-0.2, 0) is 12.7 Å². The molecule has 1 aromatic heterocycles. The lowest BCUT2D eigenvalue weighted by atomic mass is 10.0. The molecule has 142 valence electrons. The Bertz CT molecular complexity index is 1070. The van der Waals surface area contributed by atoms with E-state index in [0.29, 0.717) is 28.8 Å². The fraction of sp³-hybridized carbons (Fsp3) is 0.100. The maximum absolute atomic E-state index is 13.4. The zero-order valence-electron chi connectivity index (χ0n) is 14.3. The van der Waals surface area contributed by atoms with E-state index >= 15 is 0 Å². The zero-order valence-corrected chi connectivity index (χ0v) is 14.3. The Balaban J connectivity index is 1.86. The molecule has 28 heavy (non-hydrogen) atoms. The topological polar surface area (TPSA) is 45.2 Å². The minimum absolute atomic E-state index is 0.0146. The second kappa shape index (κ2) is 6.63. The van der Waals surface area contributed by atoms with Crippen LogP contribution < -0.4 is 10.2 Å². The van der Waals surface area contributed by atoms with Gasteiger partial charge in [-0.3, -0.25) is 4.79 Å². The van der Waals surface area contributed by atoms with Gasteiger partial charge >= 0.3 is 6.18 Å². The molecule has 2 aromatic carbocycles. The SMILES string of the molecule is O=C(c1ccc(F)cc1C(F)(F)F)N1Cc2cccnc2Nc2ccccc21. The summed E-state index contributed by atoms with van der Waals surface area (Å²) in [5, 5.41) is 3.11. The van der Waals surface area contributed by atoms with E-state index in [2.05, 4.69) is 10.3 Å². The first-order chi connectivity index (χ1) is 13.3. The third kappa shape index (κ3) is 3.17. The molecular formula is C20H13F4N3O. The van der Waals surface area contributed by atoms with E-state index in [-0.39, 0.29) is 6.54 Å². The van der Waals surface area contributed by atoms with Crippen molar-refractivity contribution in [2.24, 2.45) is 0 Å². The lowest BCUT2D eigenvalue weighted by Gasteiger charge is -2.24. The number of aromatic nitrogens is 1. The maximum atomic E-state index is 13.4. The Labute approximate surface area is 157 Å². The van der Waals surface area contributed by atoms with E-state index in [1.807, 2.05) is 0 Å². The van der Waals surface area contributed by atoms with Crippen LogP contribution in [0.4, 0.5) is 34.8 Å². The molecule has 1 aliphatic rings. The number of nitrogens with zero attached hydrogens (tertiary/aromatic N) is 2. The number of benzene rings is 2. The van der Waals surface area contributed by atoms with Crippen LogP contribution >= 0.6 is 0 Å². The molecule has 1 aliphatic heterocycles. The number of carbonyl (C=O) groups excluding carboxylic acids is 1. The number of amides is 1. The normalized spacial score (nSPS) is 13.2. The van der Waals surface area contributed by atoms with Gasteiger partial charge in [-0.05, 0) is 36.4 Å². The van der Waals surface area contributed by atoms with Gasteiger partial charge in [0.1, 0.15) is 11.6 Å². The van der Waals surface area contributed by atoms with E-state index in [4.69, 9.17) is 0 Å². The summed E-state index contributed by atoms with van der Waals surface area (Å²) < 4.78 is 53.7. The summed E-state index contributed by atoms with van der Waals surface area (Å²) in [6.07, 6.45) is -3.29. The van der Waals surface area contributed by atoms with Crippen LogP contribution in [0.2, 0.25) is 0 Å². The molecular weight excluding hydrogens is 374 g/mol. The number of pyridine rings is 1. The van der Waals surface area contributed by atoms with E-state index in [1.54, 1.807) is 42.6 Å².